The first kappa shape index (κ1) is 14.7. The van der Waals surface area contributed by atoms with Crippen LogP contribution < -0.4 is 0 Å². The van der Waals surface area contributed by atoms with Crippen LogP contribution in [0, 0.1) is 23.7 Å². The summed E-state index contributed by atoms with van der Waals surface area (Å²) in [5.41, 5.74) is 0. The average Bonchev–Trinajstić information content (AvgIpc) is 3.09. The molecular formula is C16H26N2O3. The first-order chi connectivity index (χ1) is 10.0. The summed E-state index contributed by atoms with van der Waals surface area (Å²) in [5, 5.41) is 9.13. The highest BCUT2D eigenvalue weighted by Gasteiger charge is 2.40. The first-order valence-electron chi connectivity index (χ1n) is 8.27. The zero-order valence-corrected chi connectivity index (χ0v) is 12.8. The van der Waals surface area contributed by atoms with Gasteiger partial charge in [0, 0.05) is 26.7 Å². The van der Waals surface area contributed by atoms with Crippen molar-refractivity contribution >= 4 is 12.0 Å². The second-order valence-corrected chi connectivity index (χ2v) is 7.22. The maximum Gasteiger partial charge on any atom is 0.319 e. The van der Waals surface area contributed by atoms with Crippen LogP contribution in [0.15, 0.2) is 0 Å². The SMILES string of the molecule is CN(CC1CC2CCC1C2)C(=O)N1CCC[C@@H](C(=O)O)C1. The molecule has 3 rings (SSSR count). The van der Waals surface area contributed by atoms with Gasteiger partial charge in [0.15, 0.2) is 0 Å². The van der Waals surface area contributed by atoms with Gasteiger partial charge in [0.25, 0.3) is 0 Å². The molecule has 5 nitrogen and oxygen atoms in total. The molecule has 21 heavy (non-hydrogen) atoms. The lowest BCUT2D eigenvalue weighted by Gasteiger charge is -2.35. The van der Waals surface area contributed by atoms with Gasteiger partial charge < -0.3 is 14.9 Å². The summed E-state index contributed by atoms with van der Waals surface area (Å²) in [4.78, 5) is 27.2. The van der Waals surface area contributed by atoms with Crippen molar-refractivity contribution in [3.63, 3.8) is 0 Å². The van der Waals surface area contributed by atoms with E-state index in [1.165, 1.54) is 25.7 Å². The second kappa shape index (κ2) is 5.85. The van der Waals surface area contributed by atoms with E-state index < -0.39 is 11.9 Å². The molecular weight excluding hydrogens is 268 g/mol. The third kappa shape index (κ3) is 3.01. The topological polar surface area (TPSA) is 60.9 Å². The summed E-state index contributed by atoms with van der Waals surface area (Å²) in [6.45, 7) is 1.91. The molecule has 2 amide bonds. The fourth-order valence-corrected chi connectivity index (χ4v) is 4.62. The van der Waals surface area contributed by atoms with Gasteiger partial charge in [0.05, 0.1) is 5.92 Å². The third-order valence-corrected chi connectivity index (χ3v) is 5.76. The number of hydrogen-bond donors (Lipinski definition) is 1. The average molecular weight is 294 g/mol. The highest BCUT2D eigenvalue weighted by molar-refractivity contribution is 5.76. The molecule has 1 saturated heterocycles. The normalized spacial score (nSPS) is 35.0. The van der Waals surface area contributed by atoms with Crippen LogP contribution >= 0.6 is 0 Å². The quantitative estimate of drug-likeness (QED) is 0.868. The predicted octanol–water partition coefficient (Wildman–Crippen LogP) is 2.27. The number of nitrogens with zero attached hydrogens (tertiary/aromatic N) is 2. The van der Waals surface area contributed by atoms with Gasteiger partial charge in [-0.2, -0.15) is 0 Å². The third-order valence-electron chi connectivity index (χ3n) is 5.76. The maximum atomic E-state index is 12.5. The summed E-state index contributed by atoms with van der Waals surface area (Å²) in [6, 6.07) is 0.0173. The van der Waals surface area contributed by atoms with E-state index in [9.17, 15) is 9.59 Å². The van der Waals surface area contributed by atoms with Crippen LogP contribution in [0.25, 0.3) is 0 Å². The monoisotopic (exact) mass is 294 g/mol. The van der Waals surface area contributed by atoms with E-state index in [0.29, 0.717) is 25.4 Å². The highest BCUT2D eigenvalue weighted by atomic mass is 16.4. The molecule has 3 aliphatic rings. The molecule has 2 saturated carbocycles. The van der Waals surface area contributed by atoms with E-state index in [1.54, 1.807) is 4.90 Å². The Morgan fingerprint density at radius 2 is 2.05 bits per heavy atom. The van der Waals surface area contributed by atoms with Crippen molar-refractivity contribution < 1.29 is 14.7 Å². The molecule has 0 radical (unpaired) electrons. The number of hydrogen-bond acceptors (Lipinski definition) is 2. The van der Waals surface area contributed by atoms with Crippen LogP contribution in [0.3, 0.4) is 0 Å². The predicted molar refractivity (Wildman–Crippen MR) is 78.9 cm³/mol. The molecule has 1 N–H and O–H groups in total. The molecule has 118 valence electrons. The van der Waals surface area contributed by atoms with Gasteiger partial charge in [0.2, 0.25) is 0 Å². The number of fused-ring (bicyclic) bond motifs is 2. The van der Waals surface area contributed by atoms with Gasteiger partial charge in [-0.25, -0.2) is 4.79 Å². The number of carboxylic acid groups (broad SMARTS) is 1. The molecule has 4 atom stereocenters. The van der Waals surface area contributed by atoms with Crippen molar-refractivity contribution in [2.75, 3.05) is 26.7 Å². The Kier molecular flexibility index (Phi) is 4.09. The van der Waals surface area contributed by atoms with Gasteiger partial charge in [0.1, 0.15) is 0 Å². The lowest BCUT2D eigenvalue weighted by Crippen LogP contribution is -2.48. The Bertz CT molecular complexity index is 426. The lowest BCUT2D eigenvalue weighted by atomic mass is 9.88. The number of aliphatic carboxylic acids is 1. The molecule has 2 bridgehead atoms. The van der Waals surface area contributed by atoms with Crippen LogP contribution in [-0.2, 0) is 4.79 Å². The molecule has 3 unspecified atom stereocenters. The van der Waals surface area contributed by atoms with Crippen molar-refractivity contribution in [3.8, 4) is 0 Å². The minimum absolute atomic E-state index is 0.0173. The molecule has 0 spiro atoms. The highest BCUT2D eigenvalue weighted by Crippen LogP contribution is 2.48. The van der Waals surface area contributed by atoms with Crippen molar-refractivity contribution in [2.24, 2.45) is 23.7 Å². The van der Waals surface area contributed by atoms with Crippen molar-refractivity contribution in [1.29, 1.82) is 0 Å². The number of amides is 2. The Hall–Kier alpha value is -1.26. The number of urea groups is 1. The molecule has 0 aromatic carbocycles. The molecule has 5 heteroatoms. The molecule has 1 heterocycles. The molecule has 0 aromatic rings. The Labute approximate surface area is 126 Å². The Morgan fingerprint density at radius 1 is 1.24 bits per heavy atom. The van der Waals surface area contributed by atoms with E-state index >= 15 is 0 Å². The number of rotatable bonds is 3. The molecule has 1 aliphatic heterocycles. The summed E-state index contributed by atoms with van der Waals surface area (Å²) in [7, 11) is 1.87. The van der Waals surface area contributed by atoms with Crippen LogP contribution in [0.5, 0.6) is 0 Å². The zero-order valence-electron chi connectivity index (χ0n) is 12.8. The summed E-state index contributed by atoms with van der Waals surface area (Å²) in [6.07, 6.45) is 6.84. The van der Waals surface area contributed by atoms with E-state index in [4.69, 9.17) is 5.11 Å². The smallest absolute Gasteiger partial charge is 0.319 e. The zero-order chi connectivity index (χ0) is 15.0. The second-order valence-electron chi connectivity index (χ2n) is 7.22. The van der Waals surface area contributed by atoms with E-state index in [-0.39, 0.29) is 6.03 Å². The van der Waals surface area contributed by atoms with Crippen molar-refractivity contribution in [3.05, 3.63) is 0 Å². The van der Waals surface area contributed by atoms with E-state index in [2.05, 4.69) is 0 Å². The fourth-order valence-electron chi connectivity index (χ4n) is 4.62. The minimum Gasteiger partial charge on any atom is -0.481 e. The van der Waals surface area contributed by atoms with Crippen molar-refractivity contribution in [1.82, 2.24) is 9.80 Å². The lowest BCUT2D eigenvalue weighted by molar-refractivity contribution is -0.143. The Balaban J connectivity index is 1.53. The van der Waals surface area contributed by atoms with E-state index in [1.807, 2.05) is 11.9 Å². The van der Waals surface area contributed by atoms with Gasteiger partial charge >= 0.3 is 12.0 Å². The van der Waals surface area contributed by atoms with Crippen LogP contribution in [-0.4, -0.2) is 53.6 Å². The number of carbonyl (C=O) groups excluding carboxylic acids is 1. The van der Waals surface area contributed by atoms with Gasteiger partial charge in [-0.15, -0.1) is 0 Å². The van der Waals surface area contributed by atoms with Crippen molar-refractivity contribution in [2.45, 2.75) is 38.5 Å². The van der Waals surface area contributed by atoms with Crippen LogP contribution in [0.1, 0.15) is 38.5 Å². The Morgan fingerprint density at radius 3 is 2.67 bits per heavy atom. The van der Waals surface area contributed by atoms with Crippen LogP contribution in [0.4, 0.5) is 4.79 Å². The van der Waals surface area contributed by atoms with E-state index in [0.717, 1.165) is 24.8 Å². The largest absolute Gasteiger partial charge is 0.481 e. The number of carboxylic acids is 1. The maximum absolute atomic E-state index is 12.5. The fraction of sp³-hybridized carbons (Fsp3) is 0.875. The first-order valence-corrected chi connectivity index (χ1v) is 8.27. The van der Waals surface area contributed by atoms with Gasteiger partial charge in [-0.3, -0.25) is 4.79 Å². The molecule has 2 aliphatic carbocycles. The molecule has 3 fully saturated rings. The summed E-state index contributed by atoms with van der Waals surface area (Å²) in [5.74, 6) is 1.22. The standard InChI is InChI=1S/C16H26N2O3/c1-17(9-14-8-11-4-5-12(14)7-11)16(21)18-6-2-3-13(10-18)15(19)20/h11-14H,2-10H2,1H3,(H,19,20)/t11?,12?,13-,14?/m1/s1. The number of likely N-dealkylation sites (tertiary alicyclic amines) is 1. The number of carbonyl (C=O) groups is 2. The number of piperidine rings is 1. The molecule has 0 aromatic heterocycles. The summed E-state index contributed by atoms with van der Waals surface area (Å²) >= 11 is 0. The minimum atomic E-state index is -0.775. The summed E-state index contributed by atoms with van der Waals surface area (Å²) < 4.78 is 0. The van der Waals surface area contributed by atoms with Gasteiger partial charge in [-0.05, 0) is 49.9 Å². The van der Waals surface area contributed by atoms with Gasteiger partial charge in [-0.1, -0.05) is 6.42 Å². The van der Waals surface area contributed by atoms with Crippen LogP contribution in [0.2, 0.25) is 0 Å².